The third kappa shape index (κ3) is 2.67. The summed E-state index contributed by atoms with van der Waals surface area (Å²) in [6.45, 7) is 0.0809. The lowest BCUT2D eigenvalue weighted by Gasteiger charge is -1.97. The van der Waals surface area contributed by atoms with Gasteiger partial charge in [-0.25, -0.2) is 4.98 Å². The van der Waals surface area contributed by atoms with Crippen molar-refractivity contribution in [2.45, 2.75) is 6.54 Å². The van der Waals surface area contributed by atoms with Gasteiger partial charge in [-0.05, 0) is 12.1 Å². The van der Waals surface area contributed by atoms with Gasteiger partial charge in [-0.15, -0.1) is 0 Å². The normalized spacial score (nSPS) is 10.1. The van der Waals surface area contributed by atoms with Crippen molar-refractivity contribution in [3.8, 4) is 23.5 Å². The second kappa shape index (κ2) is 5.98. The summed E-state index contributed by atoms with van der Waals surface area (Å²) in [4.78, 5) is 18.1. The van der Waals surface area contributed by atoms with Crippen molar-refractivity contribution in [3.05, 3.63) is 58.0 Å². The van der Waals surface area contributed by atoms with Gasteiger partial charge < -0.3 is 9.09 Å². The molecule has 0 spiro atoms. The largest absolute Gasteiger partial charge is 0.337 e. The van der Waals surface area contributed by atoms with Crippen LogP contribution in [0.25, 0.3) is 11.4 Å². The lowest BCUT2D eigenvalue weighted by molar-refractivity contribution is -0.384. The minimum Gasteiger partial charge on any atom is -0.337 e. The molecule has 0 unspecified atom stereocenters. The predicted octanol–water partition coefficient (Wildman–Crippen LogP) is 1.63. The summed E-state index contributed by atoms with van der Waals surface area (Å²) in [6.07, 6.45) is 1.34. The molecule has 10 heteroatoms. The van der Waals surface area contributed by atoms with Crippen LogP contribution in [-0.2, 0) is 6.54 Å². The van der Waals surface area contributed by atoms with Crippen molar-refractivity contribution in [2.24, 2.45) is 0 Å². The van der Waals surface area contributed by atoms with Crippen LogP contribution in [-0.4, -0.2) is 24.6 Å². The molecule has 0 saturated carbocycles. The molecule has 2 aromatic heterocycles. The lowest BCUT2D eigenvalue weighted by atomic mass is 10.2. The molecule has 0 aliphatic rings. The van der Waals surface area contributed by atoms with Gasteiger partial charge in [0.05, 0.1) is 11.3 Å². The van der Waals surface area contributed by atoms with Crippen LogP contribution in [0.3, 0.4) is 0 Å². The molecule has 24 heavy (non-hydrogen) atoms. The summed E-state index contributed by atoms with van der Waals surface area (Å²) >= 11 is 0. The number of nitriles is 2. The Morgan fingerprint density at radius 1 is 1.25 bits per heavy atom. The summed E-state index contributed by atoms with van der Waals surface area (Å²) in [5, 5.41) is 32.4. The number of non-ortho nitro benzene ring substituents is 1. The second-order valence-electron chi connectivity index (χ2n) is 4.61. The number of aromatic nitrogens is 4. The molecule has 0 radical (unpaired) electrons. The first-order chi connectivity index (χ1) is 11.6. The number of nitro groups is 1. The van der Waals surface area contributed by atoms with Crippen molar-refractivity contribution in [3.63, 3.8) is 0 Å². The van der Waals surface area contributed by atoms with Gasteiger partial charge in [0.25, 0.3) is 5.69 Å². The van der Waals surface area contributed by atoms with E-state index in [-0.39, 0.29) is 35.3 Å². The Morgan fingerprint density at radius 3 is 2.62 bits per heavy atom. The van der Waals surface area contributed by atoms with Crippen molar-refractivity contribution >= 4 is 5.69 Å². The number of nitrogens with zero attached hydrogens (tertiary/aromatic N) is 7. The van der Waals surface area contributed by atoms with Crippen molar-refractivity contribution in [1.29, 1.82) is 10.5 Å². The highest BCUT2D eigenvalue weighted by atomic mass is 16.6. The standard InChI is InChI=1S/C14H7N7O3/c15-5-11-12(6-16)20(8-17-11)7-13-18-14(19-24-13)9-1-3-10(4-2-9)21(22)23/h1-4,8H,7H2. The molecule has 116 valence electrons. The predicted molar refractivity (Wildman–Crippen MR) is 77.1 cm³/mol. The smallest absolute Gasteiger partial charge is 0.269 e. The van der Waals surface area contributed by atoms with Crippen molar-refractivity contribution < 1.29 is 9.45 Å². The molecule has 3 aromatic rings. The number of hydrogen-bond donors (Lipinski definition) is 0. The molecule has 1 aromatic carbocycles. The van der Waals surface area contributed by atoms with Gasteiger partial charge in [-0.3, -0.25) is 10.1 Å². The summed E-state index contributed by atoms with van der Waals surface area (Å²) in [7, 11) is 0. The van der Waals surface area contributed by atoms with Gasteiger partial charge in [0.1, 0.15) is 18.7 Å². The van der Waals surface area contributed by atoms with E-state index in [0.717, 1.165) is 0 Å². The maximum absolute atomic E-state index is 10.6. The van der Waals surface area contributed by atoms with Gasteiger partial charge >= 0.3 is 0 Å². The number of nitro benzene ring substituents is 1. The molecule has 0 amide bonds. The first kappa shape index (κ1) is 14.9. The van der Waals surface area contributed by atoms with Gasteiger partial charge in [-0.1, -0.05) is 5.16 Å². The molecular weight excluding hydrogens is 314 g/mol. The van der Waals surface area contributed by atoms with Crippen molar-refractivity contribution in [2.75, 3.05) is 0 Å². The molecule has 0 aliphatic carbocycles. The van der Waals surface area contributed by atoms with Crippen LogP contribution in [0.4, 0.5) is 5.69 Å². The van der Waals surface area contributed by atoms with E-state index in [1.54, 1.807) is 0 Å². The first-order valence-corrected chi connectivity index (χ1v) is 6.55. The third-order valence-corrected chi connectivity index (χ3v) is 3.16. The van der Waals surface area contributed by atoms with Crippen LogP contribution >= 0.6 is 0 Å². The highest BCUT2D eigenvalue weighted by molar-refractivity contribution is 5.56. The van der Waals surface area contributed by atoms with Crippen LogP contribution in [0.2, 0.25) is 0 Å². The monoisotopic (exact) mass is 321 g/mol. The van der Waals surface area contributed by atoms with E-state index in [4.69, 9.17) is 15.0 Å². The van der Waals surface area contributed by atoms with E-state index in [0.29, 0.717) is 5.56 Å². The highest BCUT2D eigenvalue weighted by Gasteiger charge is 2.15. The molecule has 3 rings (SSSR count). The Balaban J connectivity index is 1.84. The van der Waals surface area contributed by atoms with Crippen LogP contribution in [0.5, 0.6) is 0 Å². The van der Waals surface area contributed by atoms with E-state index in [1.807, 2.05) is 12.1 Å². The van der Waals surface area contributed by atoms with Gasteiger partial charge in [0.2, 0.25) is 11.7 Å². The Hall–Kier alpha value is -4.05. The number of hydrogen-bond acceptors (Lipinski definition) is 8. The molecule has 10 nitrogen and oxygen atoms in total. The Labute approximate surface area is 134 Å². The molecule has 0 atom stereocenters. The number of rotatable bonds is 4. The Kier molecular flexibility index (Phi) is 3.71. The topological polar surface area (TPSA) is 147 Å². The fraction of sp³-hybridized carbons (Fsp3) is 0.0714. The average Bonchev–Trinajstić information content (AvgIpc) is 3.21. The average molecular weight is 321 g/mol. The zero-order valence-corrected chi connectivity index (χ0v) is 11.9. The minimum atomic E-state index is -0.499. The minimum absolute atomic E-state index is 0.0209. The third-order valence-electron chi connectivity index (χ3n) is 3.16. The molecule has 0 aliphatic heterocycles. The van der Waals surface area contributed by atoms with Gasteiger partial charge in [0.15, 0.2) is 11.4 Å². The molecule has 0 N–H and O–H groups in total. The maximum Gasteiger partial charge on any atom is 0.269 e. The maximum atomic E-state index is 10.6. The lowest BCUT2D eigenvalue weighted by Crippen LogP contribution is -2.01. The molecule has 0 fully saturated rings. The van der Waals surface area contributed by atoms with E-state index >= 15 is 0 Å². The van der Waals surface area contributed by atoms with Gasteiger partial charge in [-0.2, -0.15) is 15.5 Å². The molecule has 2 heterocycles. The zero-order chi connectivity index (χ0) is 17.1. The summed E-state index contributed by atoms with van der Waals surface area (Å²) in [6, 6.07) is 9.42. The fourth-order valence-corrected chi connectivity index (χ4v) is 2.02. The van der Waals surface area contributed by atoms with Crippen LogP contribution in [0, 0.1) is 32.8 Å². The van der Waals surface area contributed by atoms with E-state index in [1.165, 1.54) is 35.2 Å². The van der Waals surface area contributed by atoms with E-state index in [2.05, 4.69) is 15.1 Å². The Bertz CT molecular complexity index is 989. The summed E-state index contributed by atoms with van der Waals surface area (Å²) in [5.74, 6) is 0.473. The van der Waals surface area contributed by atoms with Crippen LogP contribution in [0.15, 0.2) is 35.1 Å². The summed E-state index contributed by atoms with van der Waals surface area (Å²) in [5.41, 5.74) is 0.642. The number of imidazole rings is 1. The van der Waals surface area contributed by atoms with Crippen molar-refractivity contribution in [1.82, 2.24) is 19.7 Å². The number of benzene rings is 1. The van der Waals surface area contributed by atoms with Gasteiger partial charge in [0, 0.05) is 17.7 Å². The summed E-state index contributed by atoms with van der Waals surface area (Å²) < 4.78 is 6.53. The molecule has 0 saturated heterocycles. The zero-order valence-electron chi connectivity index (χ0n) is 11.9. The highest BCUT2D eigenvalue weighted by Crippen LogP contribution is 2.20. The molecular formula is C14H7N7O3. The van der Waals surface area contributed by atoms with E-state index in [9.17, 15) is 10.1 Å². The van der Waals surface area contributed by atoms with Crippen LogP contribution < -0.4 is 0 Å². The van der Waals surface area contributed by atoms with E-state index < -0.39 is 4.92 Å². The first-order valence-electron chi connectivity index (χ1n) is 6.55. The molecule has 0 bridgehead atoms. The second-order valence-corrected chi connectivity index (χ2v) is 4.61. The van der Waals surface area contributed by atoms with Crippen LogP contribution in [0.1, 0.15) is 17.3 Å². The fourth-order valence-electron chi connectivity index (χ4n) is 2.02. The Morgan fingerprint density at radius 2 is 2.00 bits per heavy atom. The quantitative estimate of drug-likeness (QED) is 0.520. The SMILES string of the molecule is N#Cc1ncn(Cc2nc(-c3ccc([N+](=O)[O-])cc3)no2)c1C#N.